The molecule has 0 unspecified atom stereocenters. The number of furan rings is 1. The Balaban J connectivity index is 1.66. The van der Waals surface area contributed by atoms with Gasteiger partial charge in [-0.25, -0.2) is 4.85 Å². The third-order valence-corrected chi connectivity index (χ3v) is 6.80. The summed E-state index contributed by atoms with van der Waals surface area (Å²) in [5.74, 6) is 0. The molecule has 0 aliphatic heterocycles. The Labute approximate surface area is 206 Å². The van der Waals surface area contributed by atoms with Crippen LogP contribution in [0, 0.1) is 17.9 Å². The average Bonchev–Trinajstić information content (AvgIpc) is 3.48. The zero-order chi connectivity index (χ0) is 24.2. The maximum absolute atomic E-state index is 9.61. The summed E-state index contributed by atoms with van der Waals surface area (Å²) in [5.41, 5.74) is 7.57. The Morgan fingerprint density at radius 2 is 1.53 bits per heavy atom. The molecule has 0 radical (unpaired) electrons. The van der Waals surface area contributed by atoms with Gasteiger partial charge in [-0.1, -0.05) is 54.6 Å². The van der Waals surface area contributed by atoms with Crippen molar-refractivity contribution in [3.05, 3.63) is 120 Å². The van der Waals surface area contributed by atoms with Gasteiger partial charge < -0.3 is 8.98 Å². The zero-order valence-corrected chi connectivity index (χ0v) is 19.1. The van der Waals surface area contributed by atoms with Gasteiger partial charge in [-0.2, -0.15) is 5.26 Å². The minimum atomic E-state index is 0.435. The van der Waals surface area contributed by atoms with E-state index in [1.54, 1.807) is 6.07 Å². The van der Waals surface area contributed by atoms with Crippen LogP contribution in [-0.2, 0) is 0 Å². The van der Waals surface area contributed by atoms with Crippen molar-refractivity contribution in [1.29, 1.82) is 5.26 Å². The first-order valence-corrected chi connectivity index (χ1v) is 11.6. The van der Waals surface area contributed by atoms with Gasteiger partial charge >= 0.3 is 0 Å². The topological polar surface area (TPSA) is 46.2 Å². The number of benzene rings is 5. The molecule has 0 atom stereocenters. The van der Waals surface area contributed by atoms with Crippen molar-refractivity contribution < 1.29 is 4.42 Å². The molecule has 4 nitrogen and oxygen atoms in total. The van der Waals surface area contributed by atoms with E-state index < -0.39 is 0 Å². The van der Waals surface area contributed by atoms with E-state index in [9.17, 15) is 5.26 Å². The smallest absolute Gasteiger partial charge is 0.190 e. The Morgan fingerprint density at radius 1 is 0.722 bits per heavy atom. The van der Waals surface area contributed by atoms with Crippen LogP contribution >= 0.6 is 0 Å². The van der Waals surface area contributed by atoms with Gasteiger partial charge in [0.05, 0.1) is 29.1 Å². The van der Waals surface area contributed by atoms with E-state index in [1.165, 1.54) is 0 Å². The van der Waals surface area contributed by atoms with Crippen LogP contribution in [0.15, 0.2) is 108 Å². The molecule has 166 valence electrons. The van der Waals surface area contributed by atoms with Gasteiger partial charge in [0.15, 0.2) is 5.69 Å². The highest BCUT2D eigenvalue weighted by atomic mass is 16.3. The van der Waals surface area contributed by atoms with E-state index in [4.69, 9.17) is 11.0 Å². The molecule has 0 aliphatic carbocycles. The Kier molecular flexibility index (Phi) is 4.24. The van der Waals surface area contributed by atoms with E-state index in [2.05, 4.69) is 64.0 Å². The van der Waals surface area contributed by atoms with E-state index in [0.717, 1.165) is 60.6 Å². The number of nitrogens with zero attached hydrogens (tertiary/aromatic N) is 3. The molecule has 0 N–H and O–H groups in total. The molecule has 0 aliphatic rings. The second-order valence-electron chi connectivity index (χ2n) is 8.83. The largest absolute Gasteiger partial charge is 0.455 e. The van der Waals surface area contributed by atoms with Crippen molar-refractivity contribution in [2.45, 2.75) is 0 Å². The second kappa shape index (κ2) is 7.60. The number of hydrogen-bond acceptors (Lipinski definition) is 2. The van der Waals surface area contributed by atoms with Crippen molar-refractivity contribution in [3.63, 3.8) is 0 Å². The Hall–Kier alpha value is -5.32. The molecular formula is C32H17N3O. The van der Waals surface area contributed by atoms with Gasteiger partial charge in [0.25, 0.3) is 0 Å². The molecule has 2 aromatic heterocycles. The maximum Gasteiger partial charge on any atom is 0.190 e. The van der Waals surface area contributed by atoms with Crippen molar-refractivity contribution in [2.75, 3.05) is 0 Å². The fourth-order valence-electron chi connectivity index (χ4n) is 5.23. The zero-order valence-electron chi connectivity index (χ0n) is 19.1. The van der Waals surface area contributed by atoms with Gasteiger partial charge in [-0.15, -0.1) is 0 Å². The lowest BCUT2D eigenvalue weighted by molar-refractivity contribution is 0.673. The van der Waals surface area contributed by atoms with Crippen LogP contribution in [0.4, 0.5) is 5.69 Å². The standard InChI is InChI=1S/C32H17N3O/c1-34-23-15-20(19-33)16-24(18-23)35-28-13-11-22(21-7-3-2-4-8-21)17-27(28)31-29(35)14-12-26-25-9-5-6-10-30(25)36-32(26)31/h2-18H. The fraction of sp³-hybridized carbons (Fsp3) is 0. The molecule has 2 heterocycles. The molecule has 7 rings (SSSR count). The van der Waals surface area contributed by atoms with E-state index in [1.807, 2.05) is 48.5 Å². The van der Waals surface area contributed by atoms with E-state index in [0.29, 0.717) is 11.3 Å². The molecule has 0 spiro atoms. The Morgan fingerprint density at radius 3 is 2.36 bits per heavy atom. The first-order chi connectivity index (χ1) is 17.7. The van der Waals surface area contributed by atoms with E-state index in [-0.39, 0.29) is 0 Å². The monoisotopic (exact) mass is 459 g/mol. The quantitative estimate of drug-likeness (QED) is 0.243. The maximum atomic E-state index is 9.61. The highest BCUT2D eigenvalue weighted by Gasteiger charge is 2.19. The van der Waals surface area contributed by atoms with Crippen LogP contribution in [-0.4, -0.2) is 4.57 Å². The van der Waals surface area contributed by atoms with Crippen molar-refractivity contribution in [3.8, 4) is 22.9 Å². The van der Waals surface area contributed by atoms with Gasteiger partial charge in [-0.3, -0.25) is 0 Å². The number of rotatable bonds is 2. The predicted octanol–water partition coefficient (Wildman–Crippen LogP) is 8.77. The molecule has 7 aromatic rings. The SMILES string of the molecule is [C-]#[N+]c1cc(C#N)cc(-n2c3ccc(-c4ccccc4)cc3c3c4oc5ccccc5c4ccc32)c1. The Bertz CT molecular complexity index is 2030. The molecule has 0 fully saturated rings. The van der Waals surface area contributed by atoms with Gasteiger partial charge in [-0.05, 0) is 59.7 Å². The lowest BCUT2D eigenvalue weighted by atomic mass is 10.0. The molecule has 4 heteroatoms. The summed E-state index contributed by atoms with van der Waals surface area (Å²) >= 11 is 0. The van der Waals surface area contributed by atoms with Crippen molar-refractivity contribution >= 4 is 49.4 Å². The minimum Gasteiger partial charge on any atom is -0.455 e. The molecule has 0 saturated heterocycles. The number of aromatic nitrogens is 1. The first kappa shape index (κ1) is 20.1. The molecule has 0 amide bonds. The van der Waals surface area contributed by atoms with Gasteiger partial charge in [0.2, 0.25) is 0 Å². The summed E-state index contributed by atoms with van der Waals surface area (Å²) < 4.78 is 8.57. The van der Waals surface area contributed by atoms with E-state index >= 15 is 0 Å². The first-order valence-electron chi connectivity index (χ1n) is 11.6. The lowest BCUT2D eigenvalue weighted by Crippen LogP contribution is -1.94. The van der Waals surface area contributed by atoms with Gasteiger partial charge in [0, 0.05) is 27.4 Å². The van der Waals surface area contributed by atoms with Crippen LogP contribution in [0.1, 0.15) is 5.56 Å². The summed E-state index contributed by atoms with van der Waals surface area (Å²) in [6.45, 7) is 7.55. The molecular weight excluding hydrogens is 442 g/mol. The van der Waals surface area contributed by atoms with Crippen LogP contribution in [0.2, 0.25) is 0 Å². The summed E-state index contributed by atoms with van der Waals surface area (Å²) in [4.78, 5) is 3.61. The molecule has 36 heavy (non-hydrogen) atoms. The third-order valence-electron chi connectivity index (χ3n) is 6.80. The highest BCUT2D eigenvalue weighted by molar-refractivity contribution is 6.24. The summed E-state index contributed by atoms with van der Waals surface area (Å²) in [5, 5.41) is 13.8. The van der Waals surface area contributed by atoms with Crippen LogP contribution in [0.5, 0.6) is 0 Å². The summed E-state index contributed by atoms with van der Waals surface area (Å²) in [7, 11) is 0. The fourth-order valence-corrected chi connectivity index (χ4v) is 5.23. The predicted molar refractivity (Wildman–Crippen MR) is 144 cm³/mol. The normalized spacial score (nSPS) is 11.3. The number of hydrogen-bond donors (Lipinski definition) is 0. The van der Waals surface area contributed by atoms with Crippen LogP contribution in [0.3, 0.4) is 0 Å². The van der Waals surface area contributed by atoms with Crippen LogP contribution < -0.4 is 0 Å². The molecule has 5 aromatic carbocycles. The number of para-hydroxylation sites is 1. The van der Waals surface area contributed by atoms with Crippen molar-refractivity contribution in [2.24, 2.45) is 0 Å². The number of nitriles is 1. The van der Waals surface area contributed by atoms with Crippen LogP contribution in [0.25, 0.3) is 65.4 Å². The van der Waals surface area contributed by atoms with Crippen molar-refractivity contribution in [1.82, 2.24) is 4.57 Å². The highest BCUT2D eigenvalue weighted by Crippen LogP contribution is 2.42. The molecule has 0 bridgehead atoms. The second-order valence-corrected chi connectivity index (χ2v) is 8.83. The third kappa shape index (κ3) is 2.86. The summed E-state index contributed by atoms with van der Waals surface area (Å²) in [6, 6.07) is 36.5. The minimum absolute atomic E-state index is 0.435. The average molecular weight is 460 g/mol. The summed E-state index contributed by atoms with van der Waals surface area (Å²) in [6.07, 6.45) is 0. The lowest BCUT2D eigenvalue weighted by Gasteiger charge is -2.10. The number of fused-ring (bicyclic) bond motifs is 7. The molecule has 0 saturated carbocycles. The van der Waals surface area contributed by atoms with Gasteiger partial charge in [0.1, 0.15) is 11.2 Å².